The number of likely N-dealkylation sites (N-methyl/N-ethyl adjacent to an activating group) is 1. The van der Waals surface area contributed by atoms with Crippen LogP contribution in [0.3, 0.4) is 0 Å². The van der Waals surface area contributed by atoms with Crippen LogP contribution in [0.15, 0.2) is 30.3 Å². The lowest BCUT2D eigenvalue weighted by molar-refractivity contribution is 0.205. The summed E-state index contributed by atoms with van der Waals surface area (Å²) in [6.07, 6.45) is 3.04. The van der Waals surface area contributed by atoms with Crippen molar-refractivity contribution in [2.24, 2.45) is 0 Å². The monoisotopic (exact) mass is 636 g/mol. The van der Waals surface area contributed by atoms with Gasteiger partial charge in [-0.25, -0.2) is 4.98 Å². The van der Waals surface area contributed by atoms with E-state index < -0.39 is 0 Å². The first-order valence-electron chi connectivity index (χ1n) is 16.7. The Bertz CT molecular complexity index is 1370. The van der Waals surface area contributed by atoms with Gasteiger partial charge in [-0.2, -0.15) is 4.98 Å². The third kappa shape index (κ3) is 9.49. The summed E-state index contributed by atoms with van der Waals surface area (Å²) in [4.78, 5) is 19.1. The Morgan fingerprint density at radius 1 is 0.913 bits per heavy atom. The molecule has 2 aromatic carbocycles. The fourth-order valence-electron chi connectivity index (χ4n) is 5.95. The van der Waals surface area contributed by atoms with Crippen LogP contribution < -0.4 is 29.7 Å². The summed E-state index contributed by atoms with van der Waals surface area (Å²) in [7, 11) is 11.7. The molecule has 1 aliphatic heterocycles. The summed E-state index contributed by atoms with van der Waals surface area (Å²) in [5.41, 5.74) is 3.27. The van der Waals surface area contributed by atoms with Gasteiger partial charge in [0, 0.05) is 75.6 Å². The summed E-state index contributed by atoms with van der Waals surface area (Å²) >= 11 is 0. The smallest absolute Gasteiger partial charge is 0.225 e. The second-order valence-corrected chi connectivity index (χ2v) is 12.4. The first kappa shape index (κ1) is 35.3. The van der Waals surface area contributed by atoms with Crippen molar-refractivity contribution in [3.63, 3.8) is 0 Å². The fraction of sp³-hybridized carbons (Fsp3) is 0.600. The quantitative estimate of drug-likeness (QED) is 0.188. The van der Waals surface area contributed by atoms with E-state index in [-0.39, 0.29) is 6.04 Å². The van der Waals surface area contributed by atoms with Crippen LogP contribution in [0, 0.1) is 0 Å². The zero-order valence-corrected chi connectivity index (χ0v) is 29.4. The number of fused-ring (bicyclic) bond motifs is 1. The molecule has 46 heavy (non-hydrogen) atoms. The van der Waals surface area contributed by atoms with Crippen LogP contribution in [-0.4, -0.2) is 126 Å². The zero-order valence-electron chi connectivity index (χ0n) is 29.4. The van der Waals surface area contributed by atoms with Crippen molar-refractivity contribution in [3.8, 4) is 17.2 Å². The Hall–Kier alpha value is -3.54. The number of rotatable bonds is 18. The Balaban J connectivity index is 1.47. The van der Waals surface area contributed by atoms with Gasteiger partial charge in [0.15, 0.2) is 11.5 Å². The molecular weight excluding hydrogens is 580 g/mol. The molecular formula is C35H56N8O3. The van der Waals surface area contributed by atoms with Gasteiger partial charge in [-0.05, 0) is 71.2 Å². The molecule has 2 N–H and O–H groups in total. The van der Waals surface area contributed by atoms with Gasteiger partial charge in [-0.1, -0.05) is 19.9 Å². The molecule has 0 aliphatic carbocycles. The molecule has 11 heteroatoms. The lowest BCUT2D eigenvalue weighted by Gasteiger charge is -2.34. The molecule has 0 amide bonds. The molecule has 11 nitrogen and oxygen atoms in total. The highest BCUT2D eigenvalue weighted by Gasteiger charge is 2.24. The Kier molecular flexibility index (Phi) is 13.4. The van der Waals surface area contributed by atoms with E-state index in [1.807, 2.05) is 12.1 Å². The Labute approximate surface area is 276 Å². The molecule has 0 saturated carbocycles. The number of nitrogens with one attached hydrogen (secondary N) is 2. The van der Waals surface area contributed by atoms with Crippen molar-refractivity contribution in [1.82, 2.24) is 24.7 Å². The maximum absolute atomic E-state index is 6.28. The molecule has 0 unspecified atom stereocenters. The Morgan fingerprint density at radius 2 is 1.63 bits per heavy atom. The average Bonchev–Trinajstić information content (AvgIpc) is 3.05. The van der Waals surface area contributed by atoms with E-state index in [9.17, 15) is 0 Å². The van der Waals surface area contributed by atoms with E-state index in [1.165, 1.54) is 11.3 Å². The summed E-state index contributed by atoms with van der Waals surface area (Å²) in [5.74, 6) is 3.75. The lowest BCUT2D eigenvalue weighted by atomic mass is 10.0. The summed E-state index contributed by atoms with van der Waals surface area (Å²) in [5, 5.41) is 8.18. The van der Waals surface area contributed by atoms with Crippen molar-refractivity contribution in [2.75, 3.05) is 110 Å². The predicted octanol–water partition coefficient (Wildman–Crippen LogP) is 4.87. The van der Waals surface area contributed by atoms with E-state index >= 15 is 0 Å². The van der Waals surface area contributed by atoms with Gasteiger partial charge in [0.25, 0.3) is 0 Å². The number of benzene rings is 2. The van der Waals surface area contributed by atoms with Gasteiger partial charge >= 0.3 is 0 Å². The number of aromatic nitrogens is 2. The van der Waals surface area contributed by atoms with Gasteiger partial charge in [-0.3, -0.25) is 4.90 Å². The first-order chi connectivity index (χ1) is 22.3. The summed E-state index contributed by atoms with van der Waals surface area (Å²) < 4.78 is 17.5. The summed E-state index contributed by atoms with van der Waals surface area (Å²) in [6, 6.07) is 10.6. The third-order valence-corrected chi connectivity index (χ3v) is 8.73. The Morgan fingerprint density at radius 3 is 2.28 bits per heavy atom. The molecule has 254 valence electrons. The number of likely N-dealkylation sites (tertiary alicyclic amines) is 1. The molecule has 4 rings (SSSR count). The predicted molar refractivity (Wildman–Crippen MR) is 190 cm³/mol. The van der Waals surface area contributed by atoms with Crippen LogP contribution in [0.25, 0.3) is 10.9 Å². The molecule has 0 bridgehead atoms. The van der Waals surface area contributed by atoms with Crippen LogP contribution in [0.4, 0.5) is 17.5 Å². The van der Waals surface area contributed by atoms with Gasteiger partial charge < -0.3 is 39.5 Å². The first-order valence-corrected chi connectivity index (χ1v) is 16.7. The van der Waals surface area contributed by atoms with Gasteiger partial charge in [0.1, 0.15) is 18.2 Å². The number of hydrogen-bond acceptors (Lipinski definition) is 11. The number of piperidine rings is 1. The van der Waals surface area contributed by atoms with Crippen molar-refractivity contribution in [2.45, 2.75) is 45.7 Å². The molecule has 0 radical (unpaired) electrons. The molecule has 1 saturated heterocycles. The molecule has 0 atom stereocenters. The van der Waals surface area contributed by atoms with Crippen molar-refractivity contribution < 1.29 is 14.2 Å². The molecule has 1 aliphatic rings. The highest BCUT2D eigenvalue weighted by molar-refractivity contribution is 5.92. The van der Waals surface area contributed by atoms with E-state index in [4.69, 9.17) is 24.2 Å². The fourth-order valence-corrected chi connectivity index (χ4v) is 5.95. The van der Waals surface area contributed by atoms with E-state index in [2.05, 4.69) is 90.5 Å². The average molecular weight is 637 g/mol. The van der Waals surface area contributed by atoms with E-state index in [0.717, 1.165) is 94.1 Å². The van der Waals surface area contributed by atoms with Crippen molar-refractivity contribution >= 4 is 28.4 Å². The van der Waals surface area contributed by atoms with E-state index in [0.29, 0.717) is 24.1 Å². The largest absolute Gasteiger partial charge is 0.493 e. The minimum absolute atomic E-state index is 0.290. The molecule has 1 aromatic heterocycles. The van der Waals surface area contributed by atoms with Crippen LogP contribution in [0.5, 0.6) is 17.2 Å². The highest BCUT2D eigenvalue weighted by atomic mass is 16.5. The van der Waals surface area contributed by atoms with Crippen LogP contribution in [0.1, 0.15) is 38.7 Å². The zero-order chi connectivity index (χ0) is 33.1. The molecule has 0 spiro atoms. The lowest BCUT2D eigenvalue weighted by Crippen LogP contribution is -2.39. The van der Waals surface area contributed by atoms with Crippen LogP contribution in [0.2, 0.25) is 0 Å². The summed E-state index contributed by atoms with van der Waals surface area (Å²) in [6.45, 7) is 12.7. The van der Waals surface area contributed by atoms with Crippen molar-refractivity contribution in [1.29, 1.82) is 0 Å². The SMILES string of the molecule is CCN(CC)CCCNc1nc(NC2CCN(Cc3c(OCCN(C)C)cccc3N(C)C)CC2)c2cc(OC)c(OC)cc2n1. The van der Waals surface area contributed by atoms with Crippen LogP contribution >= 0.6 is 0 Å². The van der Waals surface area contributed by atoms with Crippen LogP contribution in [-0.2, 0) is 6.54 Å². The topological polar surface area (TPSA) is 90.5 Å². The molecule has 1 fully saturated rings. The van der Waals surface area contributed by atoms with E-state index in [1.54, 1.807) is 14.2 Å². The molecule has 3 aromatic rings. The number of ether oxygens (including phenoxy) is 3. The maximum Gasteiger partial charge on any atom is 0.225 e. The molecule has 2 heterocycles. The van der Waals surface area contributed by atoms with Crippen molar-refractivity contribution in [3.05, 3.63) is 35.9 Å². The van der Waals surface area contributed by atoms with Gasteiger partial charge in [0.2, 0.25) is 5.95 Å². The number of hydrogen-bond donors (Lipinski definition) is 2. The van der Waals surface area contributed by atoms with Gasteiger partial charge in [0.05, 0.1) is 19.7 Å². The minimum atomic E-state index is 0.290. The number of nitrogens with zero attached hydrogens (tertiary/aromatic N) is 6. The normalized spacial score (nSPS) is 14.2. The standard InChI is InChI=1S/C35H56N8O3/c1-9-42(10-2)18-12-17-36-35-38-29-24-33(45-8)32(44-7)23-27(29)34(39-35)37-26-15-19-43(20-16-26)25-28-30(41(5)6)13-11-14-31(28)46-22-21-40(3)4/h11,13-14,23-24,26H,9-10,12,15-22,25H2,1-8H3,(H2,36,37,38,39). The third-order valence-electron chi connectivity index (χ3n) is 8.73. The minimum Gasteiger partial charge on any atom is -0.493 e. The number of methoxy groups -OCH3 is 2. The highest BCUT2D eigenvalue weighted by Crippen LogP contribution is 2.36. The second-order valence-electron chi connectivity index (χ2n) is 12.4. The number of anilines is 3. The maximum atomic E-state index is 6.28. The second kappa shape index (κ2) is 17.4. The van der Waals surface area contributed by atoms with Gasteiger partial charge in [-0.15, -0.1) is 0 Å².